The molecular formula is C68H64F6O5. The normalized spacial score (nSPS) is 10.7. The molecule has 0 spiro atoms. The lowest BCUT2D eigenvalue weighted by Gasteiger charge is -2.08. The molecule has 0 saturated heterocycles. The van der Waals surface area contributed by atoms with E-state index in [4.69, 9.17) is 9.84 Å². The molecule has 2 N–H and O–H groups in total. The summed E-state index contributed by atoms with van der Waals surface area (Å²) in [6.07, 6.45) is 14.0. The molecule has 0 saturated carbocycles. The number of ether oxygens (including phenoxy) is 1. The van der Waals surface area contributed by atoms with E-state index >= 15 is 0 Å². The van der Waals surface area contributed by atoms with E-state index in [9.17, 15) is 41.0 Å². The fraction of sp³-hybridized carbons (Fsp3) is 0.206. The highest BCUT2D eigenvalue weighted by Crippen LogP contribution is 2.29. The lowest BCUT2D eigenvalue weighted by molar-refractivity contribution is -0.137. The molecular weight excluding hydrogens is 1010 g/mol. The largest absolute Gasteiger partial charge is 0.508 e. The maximum Gasteiger partial charge on any atom is 0.311 e. The Morgan fingerprint density at radius 2 is 0.772 bits per heavy atom. The van der Waals surface area contributed by atoms with E-state index < -0.39 is 40.9 Å². The number of hydrogen-bond donors (Lipinski definition) is 2. The number of carbonyl (C=O) groups excluding carboxylic acids is 1. The number of esters is 1. The number of carboxylic acids is 1. The molecule has 11 heteroatoms. The average molecular weight is 1080 g/mol. The van der Waals surface area contributed by atoms with Gasteiger partial charge in [-0.2, -0.15) is 0 Å². The highest BCUT2D eigenvalue weighted by Gasteiger charge is 2.13. The first-order valence-electron chi connectivity index (χ1n) is 26.4. The lowest BCUT2D eigenvalue weighted by atomic mass is 10.00. The Balaban J connectivity index is 0.000000212. The molecule has 8 rings (SSSR count). The summed E-state index contributed by atoms with van der Waals surface area (Å²) < 4.78 is 87.0. The van der Waals surface area contributed by atoms with Crippen molar-refractivity contribution in [3.63, 3.8) is 0 Å². The predicted molar refractivity (Wildman–Crippen MR) is 304 cm³/mol. The SMILES string of the molecule is C=CCCc1ccc(-c2ccc(O)cc2)cc1.C=CCCc1ccc(-c2ccc(OC(=O)CCCCCc3ccc(-c4ccc(F)c(F)c4)c(F)c3)cc2)cc1.O=C(O)CCCCCc1ccc(-c2ccc(F)c(F)c2)c(F)c1. The first-order chi connectivity index (χ1) is 38.2. The number of aliphatic carboxylic acids is 1. The molecule has 79 heavy (non-hydrogen) atoms. The highest BCUT2D eigenvalue weighted by molar-refractivity contribution is 5.73. The summed E-state index contributed by atoms with van der Waals surface area (Å²) in [5.41, 5.74) is 9.69. The second-order valence-electron chi connectivity index (χ2n) is 19.0. The second-order valence-corrected chi connectivity index (χ2v) is 19.0. The van der Waals surface area contributed by atoms with Gasteiger partial charge in [0.25, 0.3) is 0 Å². The van der Waals surface area contributed by atoms with Crippen LogP contribution in [0.25, 0.3) is 44.5 Å². The Labute approximate surface area is 459 Å². The third-order valence-corrected chi connectivity index (χ3v) is 13.0. The van der Waals surface area contributed by atoms with Crippen LogP contribution >= 0.6 is 0 Å². The number of hydrogen-bond acceptors (Lipinski definition) is 4. The minimum absolute atomic E-state index is 0.142. The maximum atomic E-state index is 14.6. The zero-order valence-corrected chi connectivity index (χ0v) is 44.0. The van der Waals surface area contributed by atoms with Crippen LogP contribution in [0.2, 0.25) is 0 Å². The van der Waals surface area contributed by atoms with Crippen LogP contribution in [-0.2, 0) is 35.3 Å². The summed E-state index contributed by atoms with van der Waals surface area (Å²) in [6, 6.07) is 47.8. The van der Waals surface area contributed by atoms with Gasteiger partial charge in [-0.3, -0.25) is 9.59 Å². The van der Waals surface area contributed by atoms with Gasteiger partial charge in [0.05, 0.1) is 0 Å². The number of phenolic OH excluding ortho intramolecular Hbond substituents is 1. The van der Waals surface area contributed by atoms with Gasteiger partial charge in [0.2, 0.25) is 0 Å². The molecule has 0 unspecified atom stereocenters. The number of phenols is 1. The number of carbonyl (C=O) groups is 2. The number of unbranched alkanes of at least 4 members (excludes halogenated alkanes) is 4. The average Bonchev–Trinajstić information content (AvgIpc) is 3.47. The van der Waals surface area contributed by atoms with E-state index in [1.54, 1.807) is 48.5 Å². The number of allylic oxidation sites excluding steroid dienone is 2. The van der Waals surface area contributed by atoms with Crippen molar-refractivity contribution in [1.82, 2.24) is 0 Å². The number of aryl methyl sites for hydroxylation is 4. The van der Waals surface area contributed by atoms with E-state index in [1.807, 2.05) is 36.4 Å². The van der Waals surface area contributed by atoms with Crippen LogP contribution in [0.5, 0.6) is 11.5 Å². The Bertz CT molecular complexity index is 3250. The molecule has 0 heterocycles. The van der Waals surface area contributed by atoms with Crippen LogP contribution in [0, 0.1) is 34.9 Å². The zero-order chi connectivity index (χ0) is 56.5. The van der Waals surface area contributed by atoms with E-state index in [0.717, 1.165) is 103 Å². The minimum Gasteiger partial charge on any atom is -0.508 e. The Morgan fingerprint density at radius 3 is 1.16 bits per heavy atom. The topological polar surface area (TPSA) is 83.8 Å². The summed E-state index contributed by atoms with van der Waals surface area (Å²) in [7, 11) is 0. The van der Waals surface area contributed by atoms with Crippen molar-refractivity contribution >= 4 is 11.9 Å². The monoisotopic (exact) mass is 1070 g/mol. The number of benzene rings is 8. The van der Waals surface area contributed by atoms with Crippen molar-refractivity contribution in [3.05, 3.63) is 252 Å². The molecule has 0 aliphatic rings. The van der Waals surface area contributed by atoms with Crippen LogP contribution in [0.4, 0.5) is 26.3 Å². The van der Waals surface area contributed by atoms with Crippen molar-refractivity contribution in [3.8, 4) is 56.0 Å². The van der Waals surface area contributed by atoms with Crippen molar-refractivity contribution < 1.29 is 50.9 Å². The molecule has 5 nitrogen and oxygen atoms in total. The fourth-order valence-electron chi connectivity index (χ4n) is 8.60. The van der Waals surface area contributed by atoms with Gasteiger partial charge in [0.15, 0.2) is 23.3 Å². The first kappa shape index (κ1) is 59.8. The fourth-order valence-corrected chi connectivity index (χ4v) is 8.60. The molecule has 8 aromatic carbocycles. The molecule has 0 aliphatic heterocycles. The summed E-state index contributed by atoms with van der Waals surface area (Å²) in [6.45, 7) is 7.48. The second kappa shape index (κ2) is 31.1. The predicted octanol–water partition coefficient (Wildman–Crippen LogP) is 18.4. The molecule has 0 amide bonds. The number of rotatable bonds is 23. The highest BCUT2D eigenvalue weighted by atomic mass is 19.2. The Hall–Kier alpha value is -8.44. The lowest BCUT2D eigenvalue weighted by Crippen LogP contribution is -2.07. The summed E-state index contributed by atoms with van der Waals surface area (Å²) in [5, 5.41) is 17.8. The third-order valence-electron chi connectivity index (χ3n) is 13.0. The minimum atomic E-state index is -1.01. The van der Waals surface area contributed by atoms with Crippen molar-refractivity contribution in [2.24, 2.45) is 0 Å². The summed E-state index contributed by atoms with van der Waals surface area (Å²) in [4.78, 5) is 22.7. The Morgan fingerprint density at radius 1 is 0.392 bits per heavy atom. The quantitative estimate of drug-likeness (QED) is 0.0219. The van der Waals surface area contributed by atoms with Crippen LogP contribution in [-0.4, -0.2) is 22.2 Å². The van der Waals surface area contributed by atoms with Gasteiger partial charge in [0, 0.05) is 24.0 Å². The molecule has 0 aromatic heterocycles. The van der Waals surface area contributed by atoms with E-state index in [0.29, 0.717) is 49.2 Å². The molecule has 408 valence electrons. The van der Waals surface area contributed by atoms with Crippen LogP contribution in [0.3, 0.4) is 0 Å². The third kappa shape index (κ3) is 19.5. The van der Waals surface area contributed by atoms with Crippen molar-refractivity contribution in [1.29, 1.82) is 0 Å². The molecule has 0 atom stereocenters. The van der Waals surface area contributed by atoms with Gasteiger partial charge in [0.1, 0.15) is 23.1 Å². The van der Waals surface area contributed by atoms with Crippen molar-refractivity contribution in [2.45, 2.75) is 89.9 Å². The van der Waals surface area contributed by atoms with Crippen LogP contribution in [0.15, 0.2) is 195 Å². The molecule has 0 fully saturated rings. The number of halogens is 6. The smallest absolute Gasteiger partial charge is 0.311 e. The number of carboxylic acid groups (broad SMARTS) is 1. The van der Waals surface area contributed by atoms with Crippen LogP contribution in [0.1, 0.15) is 86.5 Å². The van der Waals surface area contributed by atoms with E-state index in [1.165, 1.54) is 41.0 Å². The van der Waals surface area contributed by atoms with Gasteiger partial charge in [-0.1, -0.05) is 134 Å². The van der Waals surface area contributed by atoms with Crippen LogP contribution < -0.4 is 4.74 Å². The van der Waals surface area contributed by atoms with E-state index in [2.05, 4.69) is 61.7 Å². The molecule has 0 radical (unpaired) electrons. The van der Waals surface area contributed by atoms with Gasteiger partial charge in [-0.15, -0.1) is 13.2 Å². The maximum absolute atomic E-state index is 14.6. The molecule has 0 aliphatic carbocycles. The van der Waals surface area contributed by atoms with Gasteiger partial charge in [-0.25, -0.2) is 26.3 Å². The first-order valence-corrected chi connectivity index (χ1v) is 26.4. The Kier molecular flexibility index (Phi) is 23.5. The summed E-state index contributed by atoms with van der Waals surface area (Å²) >= 11 is 0. The van der Waals surface area contributed by atoms with Crippen molar-refractivity contribution in [2.75, 3.05) is 0 Å². The van der Waals surface area contributed by atoms with E-state index in [-0.39, 0.29) is 29.1 Å². The van der Waals surface area contributed by atoms with Gasteiger partial charge in [-0.05, 0) is 181 Å². The summed E-state index contributed by atoms with van der Waals surface area (Å²) in [5.74, 6) is -5.19. The number of aromatic hydroxyl groups is 1. The molecule has 0 bridgehead atoms. The standard InChI is InChI=1S/C34H31F3O2.C18H17F3O2.C16H16O/c1-2-3-7-24-10-13-26(14-11-24)27-15-18-29(19-16-27)39-34(38)9-6-4-5-8-25-12-20-30(32(36)22-25)28-17-21-31(35)33(37)23-28;19-15-9-7-13(11-17(15)21)14-8-6-12(10-16(14)20)4-2-1-3-5-18(22)23;1-2-3-4-13-5-7-14(8-6-13)15-9-11-16(17)12-10-15/h2,10-23H,1,3-9H2;6-11H,1-5H2,(H,22,23);2,5-12,17H,1,3-4H2. The van der Waals surface area contributed by atoms with Gasteiger partial charge >= 0.3 is 11.9 Å². The zero-order valence-electron chi connectivity index (χ0n) is 44.0. The molecule has 8 aromatic rings. The van der Waals surface area contributed by atoms with Gasteiger partial charge < -0.3 is 14.9 Å².